The Hall–Kier alpha value is -1.56. The second-order valence-corrected chi connectivity index (χ2v) is 3.60. The SMILES string of the molecule is O=C(Nc1cc(F)c(F)c(F)c1)C1CNC1. The molecule has 1 heterocycles. The van der Waals surface area contributed by atoms with Gasteiger partial charge in [0, 0.05) is 30.9 Å². The highest BCUT2D eigenvalue weighted by atomic mass is 19.2. The molecule has 2 rings (SSSR count). The normalized spacial score (nSPS) is 15.7. The summed E-state index contributed by atoms with van der Waals surface area (Å²) >= 11 is 0. The predicted octanol–water partition coefficient (Wildman–Crippen LogP) is 1.26. The zero-order chi connectivity index (χ0) is 11.7. The fourth-order valence-corrected chi connectivity index (χ4v) is 1.35. The first-order valence-electron chi connectivity index (χ1n) is 4.74. The Balaban J connectivity index is 2.12. The standard InChI is InChI=1S/C10H9F3N2O/c11-7-1-6(2-8(12)9(7)13)15-10(16)5-3-14-4-5/h1-2,5,14H,3-4H2,(H,15,16). The quantitative estimate of drug-likeness (QED) is 0.751. The summed E-state index contributed by atoms with van der Waals surface area (Å²) in [5, 5.41) is 5.22. The number of carbonyl (C=O) groups excluding carboxylic acids is 1. The number of amides is 1. The molecule has 1 fully saturated rings. The van der Waals surface area contributed by atoms with E-state index >= 15 is 0 Å². The van der Waals surface area contributed by atoms with Crippen molar-refractivity contribution in [2.45, 2.75) is 0 Å². The van der Waals surface area contributed by atoms with Gasteiger partial charge in [-0.25, -0.2) is 13.2 Å². The van der Waals surface area contributed by atoms with Crippen LogP contribution in [0.2, 0.25) is 0 Å². The smallest absolute Gasteiger partial charge is 0.230 e. The van der Waals surface area contributed by atoms with E-state index in [2.05, 4.69) is 10.6 Å². The summed E-state index contributed by atoms with van der Waals surface area (Å²) in [7, 11) is 0. The number of carbonyl (C=O) groups is 1. The summed E-state index contributed by atoms with van der Waals surface area (Å²) in [4.78, 5) is 11.4. The van der Waals surface area contributed by atoms with E-state index in [-0.39, 0.29) is 17.5 Å². The fraction of sp³-hybridized carbons (Fsp3) is 0.300. The molecule has 0 bridgehead atoms. The first-order valence-corrected chi connectivity index (χ1v) is 4.74. The van der Waals surface area contributed by atoms with Crippen LogP contribution < -0.4 is 10.6 Å². The molecule has 6 heteroatoms. The van der Waals surface area contributed by atoms with Crippen molar-refractivity contribution in [3.63, 3.8) is 0 Å². The van der Waals surface area contributed by atoms with Crippen LogP contribution in [0.15, 0.2) is 12.1 Å². The van der Waals surface area contributed by atoms with Gasteiger partial charge in [0.1, 0.15) is 0 Å². The topological polar surface area (TPSA) is 41.1 Å². The number of halogens is 3. The third kappa shape index (κ3) is 2.01. The summed E-state index contributed by atoms with van der Waals surface area (Å²) in [5.41, 5.74) is -0.0756. The Bertz CT molecular complexity index is 409. The molecular formula is C10H9F3N2O. The van der Waals surface area contributed by atoms with Crippen molar-refractivity contribution < 1.29 is 18.0 Å². The van der Waals surface area contributed by atoms with Crippen molar-refractivity contribution in [1.29, 1.82) is 0 Å². The molecular weight excluding hydrogens is 221 g/mol. The van der Waals surface area contributed by atoms with Crippen LogP contribution in [-0.2, 0) is 4.79 Å². The van der Waals surface area contributed by atoms with Gasteiger partial charge in [-0.1, -0.05) is 0 Å². The molecule has 2 N–H and O–H groups in total. The number of hydrogen-bond acceptors (Lipinski definition) is 2. The van der Waals surface area contributed by atoms with Crippen molar-refractivity contribution >= 4 is 11.6 Å². The van der Waals surface area contributed by atoms with Crippen molar-refractivity contribution in [2.75, 3.05) is 18.4 Å². The Morgan fingerprint density at radius 2 is 1.81 bits per heavy atom. The van der Waals surface area contributed by atoms with Gasteiger partial charge in [-0.15, -0.1) is 0 Å². The average molecular weight is 230 g/mol. The van der Waals surface area contributed by atoms with Gasteiger partial charge in [0.15, 0.2) is 17.5 Å². The highest BCUT2D eigenvalue weighted by Gasteiger charge is 2.25. The number of nitrogens with one attached hydrogen (secondary N) is 2. The zero-order valence-corrected chi connectivity index (χ0v) is 8.19. The Labute approximate surface area is 89.6 Å². The summed E-state index contributed by atoms with van der Waals surface area (Å²) in [6.45, 7) is 1.08. The highest BCUT2D eigenvalue weighted by molar-refractivity contribution is 5.93. The van der Waals surface area contributed by atoms with Gasteiger partial charge in [-0.3, -0.25) is 4.79 Å². The van der Waals surface area contributed by atoms with Crippen molar-refractivity contribution in [1.82, 2.24) is 5.32 Å². The lowest BCUT2D eigenvalue weighted by molar-refractivity contribution is -0.121. The summed E-state index contributed by atoms with van der Waals surface area (Å²) in [6, 6.07) is 1.50. The number of hydrogen-bond donors (Lipinski definition) is 2. The lowest BCUT2D eigenvalue weighted by atomic mass is 10.0. The number of anilines is 1. The van der Waals surface area contributed by atoms with Gasteiger partial charge in [-0.05, 0) is 0 Å². The van der Waals surface area contributed by atoms with Gasteiger partial charge in [-0.2, -0.15) is 0 Å². The Morgan fingerprint density at radius 1 is 1.25 bits per heavy atom. The molecule has 1 aromatic carbocycles. The van der Waals surface area contributed by atoms with Crippen LogP contribution in [0.5, 0.6) is 0 Å². The lowest BCUT2D eigenvalue weighted by Gasteiger charge is -2.25. The van der Waals surface area contributed by atoms with Gasteiger partial charge >= 0.3 is 0 Å². The van der Waals surface area contributed by atoms with Crippen molar-refractivity contribution in [2.24, 2.45) is 5.92 Å². The molecule has 0 unspecified atom stereocenters. The molecule has 1 saturated heterocycles. The molecule has 86 valence electrons. The van der Waals surface area contributed by atoms with Crippen LogP contribution in [-0.4, -0.2) is 19.0 Å². The van der Waals surface area contributed by atoms with Crippen LogP contribution in [0.1, 0.15) is 0 Å². The minimum absolute atomic E-state index is 0.0756. The molecule has 1 aliphatic rings. The zero-order valence-electron chi connectivity index (χ0n) is 8.19. The van der Waals surface area contributed by atoms with Gasteiger partial charge in [0.25, 0.3) is 0 Å². The molecule has 1 amide bonds. The largest absolute Gasteiger partial charge is 0.326 e. The Morgan fingerprint density at radius 3 is 2.25 bits per heavy atom. The van der Waals surface area contributed by atoms with E-state index in [0.29, 0.717) is 13.1 Å². The molecule has 3 nitrogen and oxygen atoms in total. The third-order valence-corrected chi connectivity index (χ3v) is 2.40. The molecule has 1 aromatic rings. The van der Waals surface area contributed by atoms with Crippen molar-refractivity contribution in [3.05, 3.63) is 29.6 Å². The summed E-state index contributed by atoms with van der Waals surface area (Å²) in [6.07, 6.45) is 0. The molecule has 0 aliphatic carbocycles. The second kappa shape index (κ2) is 4.13. The Kier molecular flexibility index (Phi) is 2.82. The maximum absolute atomic E-state index is 12.8. The van der Waals surface area contributed by atoms with Gasteiger partial charge < -0.3 is 10.6 Å². The van der Waals surface area contributed by atoms with E-state index in [9.17, 15) is 18.0 Å². The molecule has 0 spiro atoms. The molecule has 0 atom stereocenters. The summed E-state index contributed by atoms with van der Waals surface area (Å²) in [5.74, 6) is -4.70. The van der Waals surface area contributed by atoms with E-state index in [1.807, 2.05) is 0 Å². The van der Waals surface area contributed by atoms with Crippen LogP contribution in [0.4, 0.5) is 18.9 Å². The maximum atomic E-state index is 12.8. The maximum Gasteiger partial charge on any atom is 0.230 e. The molecule has 1 aliphatic heterocycles. The van der Waals surface area contributed by atoms with Gasteiger partial charge in [0.2, 0.25) is 5.91 Å². The van der Waals surface area contributed by atoms with E-state index in [0.717, 1.165) is 12.1 Å². The minimum Gasteiger partial charge on any atom is -0.326 e. The predicted molar refractivity (Wildman–Crippen MR) is 51.3 cm³/mol. The van der Waals surface area contributed by atoms with E-state index in [1.165, 1.54) is 0 Å². The van der Waals surface area contributed by atoms with Gasteiger partial charge in [0.05, 0.1) is 5.92 Å². The first kappa shape index (κ1) is 10.9. The van der Waals surface area contributed by atoms with E-state index in [1.54, 1.807) is 0 Å². The van der Waals surface area contributed by atoms with Crippen LogP contribution >= 0.6 is 0 Å². The lowest BCUT2D eigenvalue weighted by Crippen LogP contribution is -2.48. The minimum atomic E-state index is -1.54. The number of rotatable bonds is 2. The highest BCUT2D eigenvalue weighted by Crippen LogP contribution is 2.18. The molecule has 0 aromatic heterocycles. The van der Waals surface area contributed by atoms with Crippen molar-refractivity contribution in [3.8, 4) is 0 Å². The third-order valence-electron chi connectivity index (χ3n) is 2.40. The van der Waals surface area contributed by atoms with Crippen LogP contribution in [0.25, 0.3) is 0 Å². The first-order chi connectivity index (χ1) is 7.58. The van der Waals surface area contributed by atoms with Crippen LogP contribution in [0, 0.1) is 23.4 Å². The monoisotopic (exact) mass is 230 g/mol. The van der Waals surface area contributed by atoms with E-state index < -0.39 is 17.5 Å². The van der Waals surface area contributed by atoms with E-state index in [4.69, 9.17) is 0 Å². The average Bonchev–Trinajstić information content (AvgIpc) is 2.10. The fourth-order valence-electron chi connectivity index (χ4n) is 1.35. The molecule has 0 radical (unpaired) electrons. The second-order valence-electron chi connectivity index (χ2n) is 3.60. The molecule has 0 saturated carbocycles. The van der Waals surface area contributed by atoms with Crippen LogP contribution in [0.3, 0.4) is 0 Å². The molecule has 16 heavy (non-hydrogen) atoms. The summed E-state index contributed by atoms with van der Waals surface area (Å²) < 4.78 is 38.2. The number of benzene rings is 1.